The van der Waals surface area contributed by atoms with Crippen LogP contribution in [0.4, 0.5) is 11.4 Å². The molecule has 0 radical (unpaired) electrons. The van der Waals surface area contributed by atoms with Gasteiger partial charge in [-0.25, -0.2) is 9.48 Å². The van der Waals surface area contributed by atoms with Gasteiger partial charge in [0.05, 0.1) is 12.8 Å². The van der Waals surface area contributed by atoms with E-state index in [0.717, 1.165) is 5.69 Å². The lowest BCUT2D eigenvalue weighted by molar-refractivity contribution is -0.119. The number of anilines is 2. The fraction of sp³-hybridized carbons (Fsp3) is 0.111. The molecule has 1 heterocycles. The monoisotopic (exact) mass is 484 g/mol. The number of carbonyl (C=O) groups is 3. The van der Waals surface area contributed by atoms with Gasteiger partial charge in [0.2, 0.25) is 5.91 Å². The molecule has 2 N–H and O–H groups in total. The average Bonchev–Trinajstić information content (AvgIpc) is 3.34. The molecule has 1 aromatic heterocycles. The van der Waals surface area contributed by atoms with Crippen molar-refractivity contribution in [3.63, 3.8) is 0 Å². The highest BCUT2D eigenvalue weighted by Crippen LogP contribution is 2.32. The molecule has 0 aliphatic heterocycles. The minimum Gasteiger partial charge on any atom is -0.496 e. The Hall–Kier alpha value is -4.92. The van der Waals surface area contributed by atoms with Crippen molar-refractivity contribution in [1.29, 1.82) is 0 Å². The lowest BCUT2D eigenvalue weighted by atomic mass is 10.1. The van der Waals surface area contributed by atoms with Crippen molar-refractivity contribution >= 4 is 29.2 Å². The van der Waals surface area contributed by atoms with Gasteiger partial charge < -0.3 is 20.1 Å². The maximum atomic E-state index is 13.1. The average molecular weight is 485 g/mol. The summed E-state index contributed by atoms with van der Waals surface area (Å²) in [6, 6.07) is 23.1. The summed E-state index contributed by atoms with van der Waals surface area (Å²) in [5, 5.41) is 9.91. The zero-order valence-corrected chi connectivity index (χ0v) is 19.7. The van der Waals surface area contributed by atoms with E-state index >= 15 is 0 Å². The molecule has 9 nitrogen and oxygen atoms in total. The molecule has 3 aromatic carbocycles. The number of amides is 2. The molecular formula is C27H24N4O5. The summed E-state index contributed by atoms with van der Waals surface area (Å²) in [5.41, 5.74) is 3.03. The summed E-state index contributed by atoms with van der Waals surface area (Å²) in [5.74, 6) is -0.855. The van der Waals surface area contributed by atoms with Crippen molar-refractivity contribution in [2.75, 3.05) is 24.4 Å². The van der Waals surface area contributed by atoms with Crippen molar-refractivity contribution < 1.29 is 23.9 Å². The van der Waals surface area contributed by atoms with Crippen LogP contribution in [-0.2, 0) is 14.3 Å². The first-order chi connectivity index (χ1) is 17.4. The fourth-order valence-corrected chi connectivity index (χ4v) is 3.52. The number of ether oxygens (including phenoxy) is 2. The molecule has 0 saturated heterocycles. The molecule has 9 heteroatoms. The maximum Gasteiger partial charge on any atom is 0.342 e. The Labute approximate surface area is 207 Å². The number of rotatable bonds is 8. The van der Waals surface area contributed by atoms with Gasteiger partial charge in [-0.15, -0.1) is 0 Å². The first-order valence-electron chi connectivity index (χ1n) is 11.1. The van der Waals surface area contributed by atoms with Crippen LogP contribution >= 0.6 is 0 Å². The minimum absolute atomic E-state index is 0.191. The molecule has 2 amide bonds. The van der Waals surface area contributed by atoms with Gasteiger partial charge in [-0.1, -0.05) is 30.3 Å². The number of esters is 1. The number of methoxy groups -OCH3 is 1. The van der Waals surface area contributed by atoms with Gasteiger partial charge in [0.15, 0.2) is 6.61 Å². The van der Waals surface area contributed by atoms with Crippen molar-refractivity contribution in [2.24, 2.45) is 0 Å². The normalized spacial score (nSPS) is 10.4. The topological polar surface area (TPSA) is 112 Å². The molecule has 0 bridgehead atoms. The van der Waals surface area contributed by atoms with E-state index < -0.39 is 18.5 Å². The van der Waals surface area contributed by atoms with E-state index in [2.05, 4.69) is 15.7 Å². The van der Waals surface area contributed by atoms with Crippen molar-refractivity contribution in [3.05, 3.63) is 90.6 Å². The molecule has 0 saturated carbocycles. The number of hydrogen-bond donors (Lipinski definition) is 2. The number of nitrogens with zero attached hydrogens (tertiary/aromatic N) is 2. The van der Waals surface area contributed by atoms with Gasteiger partial charge in [-0.05, 0) is 48.5 Å². The van der Waals surface area contributed by atoms with Crippen LogP contribution in [0.15, 0.2) is 85.1 Å². The number of hydrogen-bond acceptors (Lipinski definition) is 6. The Balaban J connectivity index is 1.51. The van der Waals surface area contributed by atoms with Crippen molar-refractivity contribution in [1.82, 2.24) is 9.78 Å². The Morgan fingerprint density at radius 1 is 0.861 bits per heavy atom. The van der Waals surface area contributed by atoms with Crippen LogP contribution in [0.2, 0.25) is 0 Å². The van der Waals surface area contributed by atoms with Crippen LogP contribution in [0, 0.1) is 0 Å². The predicted molar refractivity (Wildman–Crippen MR) is 135 cm³/mol. The third-order valence-electron chi connectivity index (χ3n) is 5.14. The third-order valence-corrected chi connectivity index (χ3v) is 5.14. The molecule has 4 aromatic rings. The number of aromatic nitrogens is 2. The molecule has 0 aliphatic carbocycles. The molecule has 4 rings (SSSR count). The van der Waals surface area contributed by atoms with Crippen LogP contribution < -0.4 is 15.4 Å². The largest absolute Gasteiger partial charge is 0.496 e. The van der Waals surface area contributed by atoms with Crippen molar-refractivity contribution in [2.45, 2.75) is 6.92 Å². The van der Waals surface area contributed by atoms with Crippen LogP contribution in [0.5, 0.6) is 5.75 Å². The fourth-order valence-electron chi connectivity index (χ4n) is 3.52. The highest BCUT2D eigenvalue weighted by molar-refractivity contribution is 5.99. The summed E-state index contributed by atoms with van der Waals surface area (Å²) in [4.78, 5) is 36.6. The Kier molecular flexibility index (Phi) is 7.40. The first kappa shape index (κ1) is 24.2. The van der Waals surface area contributed by atoms with Crippen molar-refractivity contribution in [3.8, 4) is 22.7 Å². The zero-order chi connectivity index (χ0) is 25.5. The molecule has 0 fully saturated rings. The second kappa shape index (κ2) is 11.0. The summed E-state index contributed by atoms with van der Waals surface area (Å²) < 4.78 is 12.4. The maximum absolute atomic E-state index is 13.1. The van der Waals surface area contributed by atoms with Crippen LogP contribution in [0.1, 0.15) is 17.3 Å². The Bertz CT molecular complexity index is 1380. The van der Waals surface area contributed by atoms with E-state index in [1.165, 1.54) is 14.0 Å². The second-order valence-corrected chi connectivity index (χ2v) is 7.75. The lowest BCUT2D eigenvalue weighted by Crippen LogP contribution is -2.21. The van der Waals surface area contributed by atoms with Gasteiger partial charge >= 0.3 is 5.97 Å². The van der Waals surface area contributed by atoms with E-state index in [0.29, 0.717) is 28.4 Å². The quantitative estimate of drug-likeness (QED) is 0.361. The van der Waals surface area contributed by atoms with Crippen LogP contribution in [0.25, 0.3) is 16.9 Å². The van der Waals surface area contributed by atoms with Gasteiger partial charge in [0, 0.05) is 30.1 Å². The highest BCUT2D eigenvalue weighted by atomic mass is 16.5. The number of benzene rings is 3. The summed E-state index contributed by atoms with van der Waals surface area (Å²) >= 11 is 0. The Morgan fingerprint density at radius 3 is 2.17 bits per heavy atom. The molecule has 0 spiro atoms. The van der Waals surface area contributed by atoms with E-state index in [1.807, 2.05) is 42.5 Å². The molecule has 0 atom stereocenters. The predicted octanol–water partition coefficient (Wildman–Crippen LogP) is 4.30. The van der Waals surface area contributed by atoms with E-state index in [4.69, 9.17) is 9.47 Å². The zero-order valence-electron chi connectivity index (χ0n) is 19.7. The smallest absolute Gasteiger partial charge is 0.342 e. The van der Waals surface area contributed by atoms with Gasteiger partial charge in [0.1, 0.15) is 17.0 Å². The van der Waals surface area contributed by atoms with Crippen LogP contribution in [0.3, 0.4) is 0 Å². The first-order valence-corrected chi connectivity index (χ1v) is 11.1. The molecule has 0 unspecified atom stereocenters. The van der Waals surface area contributed by atoms with E-state index in [9.17, 15) is 14.4 Å². The SMILES string of the molecule is COc1ccccc1-c1nn(-c2ccccc2)cc1C(=O)OCC(=O)Nc1ccc(NC(C)=O)cc1. The van der Waals surface area contributed by atoms with E-state index in [-0.39, 0.29) is 11.5 Å². The third kappa shape index (κ3) is 5.76. The minimum atomic E-state index is -0.700. The Morgan fingerprint density at radius 2 is 1.50 bits per heavy atom. The van der Waals surface area contributed by atoms with Gasteiger partial charge in [-0.3, -0.25) is 9.59 Å². The second-order valence-electron chi connectivity index (χ2n) is 7.75. The molecule has 36 heavy (non-hydrogen) atoms. The summed E-state index contributed by atoms with van der Waals surface area (Å²) in [7, 11) is 1.54. The number of nitrogens with one attached hydrogen (secondary N) is 2. The number of carbonyl (C=O) groups excluding carboxylic acids is 3. The molecule has 182 valence electrons. The highest BCUT2D eigenvalue weighted by Gasteiger charge is 2.23. The van der Waals surface area contributed by atoms with Crippen LogP contribution in [-0.4, -0.2) is 41.3 Å². The van der Waals surface area contributed by atoms with Gasteiger partial charge in [0.25, 0.3) is 5.91 Å². The lowest BCUT2D eigenvalue weighted by Gasteiger charge is -2.09. The summed E-state index contributed by atoms with van der Waals surface area (Å²) in [6.45, 7) is 0.918. The molecular weight excluding hydrogens is 460 g/mol. The molecule has 0 aliphatic rings. The standard InChI is InChI=1S/C27H24N4O5/c1-18(32)28-19-12-14-20(15-13-19)29-25(33)17-36-27(34)23-16-31(21-8-4-3-5-9-21)30-26(23)22-10-6-7-11-24(22)35-2/h3-16H,17H2,1-2H3,(H,28,32)(H,29,33). The van der Waals surface area contributed by atoms with Gasteiger partial charge in [-0.2, -0.15) is 5.10 Å². The van der Waals surface area contributed by atoms with E-state index in [1.54, 1.807) is 47.3 Å². The summed E-state index contributed by atoms with van der Waals surface area (Å²) in [6.07, 6.45) is 1.57. The number of para-hydroxylation sites is 2.